The van der Waals surface area contributed by atoms with E-state index >= 15 is 0 Å². The Kier molecular flexibility index (Phi) is 5.58. The normalized spacial score (nSPS) is 10.4. The molecule has 21 heavy (non-hydrogen) atoms. The van der Waals surface area contributed by atoms with Gasteiger partial charge in [-0.2, -0.15) is 0 Å². The lowest BCUT2D eigenvalue weighted by Gasteiger charge is -2.14. The van der Waals surface area contributed by atoms with Crippen molar-refractivity contribution in [3.05, 3.63) is 53.8 Å². The average molecular weight is 289 g/mol. The number of hydrogen-bond acceptors (Lipinski definition) is 3. The molecule has 0 heterocycles. The minimum Gasteiger partial charge on any atom is -0.493 e. The number of benzene rings is 2. The van der Waals surface area contributed by atoms with E-state index in [9.17, 15) is 4.39 Å². The van der Waals surface area contributed by atoms with Gasteiger partial charge in [0.25, 0.3) is 0 Å². The van der Waals surface area contributed by atoms with Gasteiger partial charge in [-0.3, -0.25) is 0 Å². The Morgan fingerprint density at radius 3 is 2.43 bits per heavy atom. The summed E-state index contributed by atoms with van der Waals surface area (Å²) in [5.74, 6) is 1.42. The minimum absolute atomic E-state index is 0.272. The predicted octanol–water partition coefficient (Wildman–Crippen LogP) is 4.13. The summed E-state index contributed by atoms with van der Waals surface area (Å²) in [4.78, 5) is 0. The van der Waals surface area contributed by atoms with Gasteiger partial charge in [-0.15, -0.1) is 0 Å². The second-order valence-corrected chi connectivity index (χ2v) is 4.65. The fourth-order valence-corrected chi connectivity index (χ4v) is 2.02. The van der Waals surface area contributed by atoms with E-state index in [2.05, 4.69) is 12.2 Å². The van der Waals surface area contributed by atoms with Crippen LogP contribution >= 0.6 is 0 Å². The zero-order valence-corrected chi connectivity index (χ0v) is 12.4. The Balaban J connectivity index is 2.24. The van der Waals surface area contributed by atoms with E-state index in [1.54, 1.807) is 25.3 Å². The molecule has 112 valence electrons. The van der Waals surface area contributed by atoms with E-state index in [0.29, 0.717) is 29.4 Å². The van der Waals surface area contributed by atoms with Crippen LogP contribution < -0.4 is 14.8 Å². The molecule has 4 heteroatoms. The van der Waals surface area contributed by atoms with Crippen molar-refractivity contribution in [1.29, 1.82) is 0 Å². The van der Waals surface area contributed by atoms with E-state index < -0.39 is 0 Å². The number of hydrogen-bond donors (Lipinski definition) is 1. The summed E-state index contributed by atoms with van der Waals surface area (Å²) < 4.78 is 25.1. The molecule has 2 aromatic rings. The molecular formula is C17H20FNO2. The molecule has 1 N–H and O–H groups in total. The Morgan fingerprint density at radius 2 is 1.71 bits per heavy atom. The first kappa shape index (κ1) is 15.3. The highest BCUT2D eigenvalue weighted by Gasteiger charge is 2.12. The zero-order valence-electron chi connectivity index (χ0n) is 12.4. The second-order valence-electron chi connectivity index (χ2n) is 4.65. The van der Waals surface area contributed by atoms with Gasteiger partial charge in [0, 0.05) is 12.1 Å². The highest BCUT2D eigenvalue weighted by Crippen LogP contribution is 2.33. The van der Waals surface area contributed by atoms with Gasteiger partial charge in [-0.1, -0.05) is 25.1 Å². The van der Waals surface area contributed by atoms with Crippen molar-refractivity contribution in [1.82, 2.24) is 5.32 Å². The van der Waals surface area contributed by atoms with Crippen LogP contribution in [0.4, 0.5) is 4.39 Å². The number of rotatable bonds is 7. The fourth-order valence-electron chi connectivity index (χ4n) is 2.02. The molecule has 0 aliphatic rings. The van der Waals surface area contributed by atoms with Gasteiger partial charge in [-0.25, -0.2) is 4.39 Å². The quantitative estimate of drug-likeness (QED) is 0.778. The van der Waals surface area contributed by atoms with Crippen molar-refractivity contribution in [3.63, 3.8) is 0 Å². The molecule has 0 atom stereocenters. The molecular weight excluding hydrogens is 269 g/mol. The smallest absolute Gasteiger partial charge is 0.169 e. The molecule has 0 aliphatic carbocycles. The molecule has 0 fully saturated rings. The molecule has 0 spiro atoms. The van der Waals surface area contributed by atoms with Crippen LogP contribution in [0.25, 0.3) is 0 Å². The predicted molar refractivity (Wildman–Crippen MR) is 81.5 cm³/mol. The van der Waals surface area contributed by atoms with Gasteiger partial charge in [0.2, 0.25) is 0 Å². The van der Waals surface area contributed by atoms with E-state index in [4.69, 9.17) is 9.47 Å². The van der Waals surface area contributed by atoms with Crippen LogP contribution in [0.2, 0.25) is 0 Å². The summed E-state index contributed by atoms with van der Waals surface area (Å²) in [6.07, 6.45) is 0.997. The number of halogens is 1. The van der Waals surface area contributed by atoms with Crippen molar-refractivity contribution in [3.8, 4) is 17.2 Å². The van der Waals surface area contributed by atoms with E-state index in [1.165, 1.54) is 6.07 Å². The van der Waals surface area contributed by atoms with Crippen LogP contribution in [0.3, 0.4) is 0 Å². The summed E-state index contributed by atoms with van der Waals surface area (Å²) in [7, 11) is 1.58. The maximum absolute atomic E-state index is 14.0. The topological polar surface area (TPSA) is 30.5 Å². The maximum Gasteiger partial charge on any atom is 0.169 e. The van der Waals surface area contributed by atoms with E-state index in [0.717, 1.165) is 13.0 Å². The van der Waals surface area contributed by atoms with Gasteiger partial charge >= 0.3 is 0 Å². The van der Waals surface area contributed by atoms with Crippen LogP contribution in [0.15, 0.2) is 42.5 Å². The number of nitrogens with one attached hydrogen (secondary N) is 1. The van der Waals surface area contributed by atoms with Gasteiger partial charge in [0.1, 0.15) is 11.6 Å². The zero-order chi connectivity index (χ0) is 15.1. The summed E-state index contributed by atoms with van der Waals surface area (Å²) >= 11 is 0. The third-order valence-electron chi connectivity index (χ3n) is 3.09. The first-order chi connectivity index (χ1) is 10.3. The molecule has 0 amide bonds. The molecule has 0 aromatic heterocycles. The molecule has 2 rings (SSSR count). The standard InChI is InChI=1S/C17H20FNO2/c1-3-11-19-12-13-14(18)7-6-10-15(13)21-17-9-5-4-8-16(17)20-2/h4-10,19H,3,11-12H2,1-2H3. The van der Waals surface area contributed by atoms with Crippen LogP contribution in [0.1, 0.15) is 18.9 Å². The Morgan fingerprint density at radius 1 is 1.00 bits per heavy atom. The van der Waals surface area contributed by atoms with Crippen molar-refractivity contribution in [2.75, 3.05) is 13.7 Å². The Labute approximate surface area is 124 Å². The Hall–Kier alpha value is -2.07. The van der Waals surface area contributed by atoms with Crippen molar-refractivity contribution in [2.45, 2.75) is 19.9 Å². The molecule has 0 radical (unpaired) electrons. The summed E-state index contributed by atoms with van der Waals surface area (Å²) in [6, 6.07) is 12.2. The molecule has 0 bridgehead atoms. The van der Waals surface area contributed by atoms with E-state index in [1.807, 2.05) is 18.2 Å². The first-order valence-corrected chi connectivity index (χ1v) is 7.05. The molecule has 0 unspecified atom stereocenters. The lowest BCUT2D eigenvalue weighted by atomic mass is 10.2. The highest BCUT2D eigenvalue weighted by molar-refractivity contribution is 5.45. The third-order valence-corrected chi connectivity index (χ3v) is 3.09. The molecule has 0 aliphatic heterocycles. The van der Waals surface area contributed by atoms with Gasteiger partial charge in [0.15, 0.2) is 11.5 Å². The fraction of sp³-hybridized carbons (Fsp3) is 0.294. The summed E-state index contributed by atoms with van der Waals surface area (Å²) in [6.45, 7) is 3.34. The third kappa shape index (κ3) is 3.95. The average Bonchev–Trinajstić information content (AvgIpc) is 2.50. The van der Waals surface area contributed by atoms with Crippen molar-refractivity contribution < 1.29 is 13.9 Å². The summed E-state index contributed by atoms with van der Waals surface area (Å²) in [5.41, 5.74) is 0.525. The first-order valence-electron chi connectivity index (χ1n) is 7.05. The summed E-state index contributed by atoms with van der Waals surface area (Å²) in [5, 5.41) is 3.20. The maximum atomic E-state index is 14.0. The molecule has 3 nitrogen and oxygen atoms in total. The van der Waals surface area contributed by atoms with Gasteiger partial charge in [0.05, 0.1) is 7.11 Å². The van der Waals surface area contributed by atoms with Crippen molar-refractivity contribution >= 4 is 0 Å². The van der Waals surface area contributed by atoms with Crippen LogP contribution in [0.5, 0.6) is 17.2 Å². The molecule has 2 aromatic carbocycles. The van der Waals surface area contributed by atoms with Crippen molar-refractivity contribution in [2.24, 2.45) is 0 Å². The van der Waals surface area contributed by atoms with Gasteiger partial charge in [-0.05, 0) is 37.2 Å². The lowest BCUT2D eigenvalue weighted by Crippen LogP contribution is -2.15. The van der Waals surface area contributed by atoms with E-state index in [-0.39, 0.29) is 5.82 Å². The van der Waals surface area contributed by atoms with Crippen LogP contribution in [-0.4, -0.2) is 13.7 Å². The monoisotopic (exact) mass is 289 g/mol. The number of ether oxygens (including phenoxy) is 2. The van der Waals surface area contributed by atoms with Gasteiger partial charge < -0.3 is 14.8 Å². The van der Waals surface area contributed by atoms with Crippen LogP contribution in [0, 0.1) is 5.82 Å². The highest BCUT2D eigenvalue weighted by atomic mass is 19.1. The Bertz CT molecular complexity index is 587. The molecule has 0 saturated heterocycles. The largest absolute Gasteiger partial charge is 0.493 e. The second kappa shape index (κ2) is 7.64. The SMILES string of the molecule is CCCNCc1c(F)cccc1Oc1ccccc1OC. The number of para-hydroxylation sites is 2. The molecule has 0 saturated carbocycles. The van der Waals surface area contributed by atoms with Crippen LogP contribution in [-0.2, 0) is 6.54 Å². The number of methoxy groups -OCH3 is 1. The lowest BCUT2D eigenvalue weighted by molar-refractivity contribution is 0.376. The minimum atomic E-state index is -0.272.